The second kappa shape index (κ2) is 7.84. The van der Waals surface area contributed by atoms with E-state index in [9.17, 15) is 9.59 Å². The monoisotopic (exact) mass is 460 g/mol. The summed E-state index contributed by atoms with van der Waals surface area (Å²) < 4.78 is 11.0. The molecule has 4 atom stereocenters. The van der Waals surface area contributed by atoms with Crippen molar-refractivity contribution in [1.82, 2.24) is 4.90 Å². The van der Waals surface area contributed by atoms with Crippen LogP contribution >= 0.6 is 0 Å². The Morgan fingerprint density at radius 2 is 1.82 bits per heavy atom. The molecule has 0 aromatic heterocycles. The predicted molar refractivity (Wildman–Crippen MR) is 129 cm³/mol. The minimum absolute atomic E-state index is 0.0305. The molecular weight excluding hydrogens is 428 g/mol. The van der Waals surface area contributed by atoms with Gasteiger partial charge in [0.2, 0.25) is 0 Å². The minimum atomic E-state index is -0.207. The molecule has 34 heavy (non-hydrogen) atoms. The molecular formula is C28H32N2O4. The number of fused-ring (bicyclic) bond motifs is 1. The lowest BCUT2D eigenvalue weighted by Crippen LogP contribution is -2.65. The van der Waals surface area contributed by atoms with Crippen LogP contribution < -0.4 is 9.64 Å². The maximum atomic E-state index is 14.1. The predicted octanol–water partition coefficient (Wildman–Crippen LogP) is 4.17. The number of benzene rings is 2. The molecule has 1 spiro atoms. The molecule has 4 aliphatic rings. The van der Waals surface area contributed by atoms with Gasteiger partial charge >= 0.3 is 5.97 Å². The number of methoxy groups -OCH3 is 2. The highest BCUT2D eigenvalue weighted by molar-refractivity contribution is 6.09. The maximum absolute atomic E-state index is 14.1. The number of hydrogen-bond acceptors (Lipinski definition) is 5. The Morgan fingerprint density at radius 1 is 1.00 bits per heavy atom. The number of hydrogen-bond donors (Lipinski definition) is 0. The molecule has 1 amide bonds. The van der Waals surface area contributed by atoms with Gasteiger partial charge in [-0.2, -0.15) is 0 Å². The third-order valence-corrected chi connectivity index (χ3v) is 9.11. The smallest absolute Gasteiger partial charge is 0.306 e. The van der Waals surface area contributed by atoms with Gasteiger partial charge in [0.05, 0.1) is 26.3 Å². The third kappa shape index (κ3) is 2.78. The number of nitrogens with zero attached hydrogens (tertiary/aromatic N) is 2. The number of rotatable bonds is 4. The zero-order valence-corrected chi connectivity index (χ0v) is 20.0. The van der Waals surface area contributed by atoms with E-state index >= 15 is 0 Å². The molecule has 6 rings (SSSR count). The Labute approximate surface area is 200 Å². The molecule has 6 heteroatoms. The van der Waals surface area contributed by atoms with E-state index in [1.54, 1.807) is 7.11 Å². The van der Waals surface area contributed by atoms with E-state index in [-0.39, 0.29) is 34.8 Å². The first kappa shape index (κ1) is 21.7. The normalized spacial score (nSPS) is 31.4. The van der Waals surface area contributed by atoms with Crippen molar-refractivity contribution < 1.29 is 19.1 Å². The third-order valence-electron chi connectivity index (χ3n) is 9.11. The SMILES string of the molecule is COC(=O)C[C@@]12CCCN3CC[C@]4(c5cccc(OC)c5N(C(=O)c5ccccc5)[C@@H]4CC1)[C@H]32. The molecule has 0 N–H and O–H groups in total. The average molecular weight is 461 g/mol. The fraction of sp³-hybridized carbons (Fsp3) is 0.500. The zero-order valence-electron chi connectivity index (χ0n) is 20.0. The lowest BCUT2D eigenvalue weighted by molar-refractivity contribution is -0.148. The fourth-order valence-electron chi connectivity index (χ4n) is 8.04. The van der Waals surface area contributed by atoms with Gasteiger partial charge < -0.3 is 14.4 Å². The van der Waals surface area contributed by atoms with E-state index in [4.69, 9.17) is 9.47 Å². The van der Waals surface area contributed by atoms with E-state index in [1.807, 2.05) is 41.3 Å². The minimum Gasteiger partial charge on any atom is -0.495 e. The second-order valence-corrected chi connectivity index (χ2v) is 10.4. The Balaban J connectivity index is 1.55. The Hall–Kier alpha value is -2.86. The van der Waals surface area contributed by atoms with Crippen LogP contribution in [0.4, 0.5) is 5.69 Å². The van der Waals surface area contributed by atoms with Crippen molar-refractivity contribution in [3.63, 3.8) is 0 Å². The number of amides is 1. The molecule has 2 aromatic carbocycles. The summed E-state index contributed by atoms with van der Waals surface area (Å²) in [5.41, 5.74) is 2.50. The summed E-state index contributed by atoms with van der Waals surface area (Å²) in [4.78, 5) is 31.3. The number of ether oxygens (including phenoxy) is 2. The molecule has 0 radical (unpaired) electrons. The number of carbonyl (C=O) groups is 2. The number of esters is 1. The van der Waals surface area contributed by atoms with Gasteiger partial charge in [0.1, 0.15) is 5.75 Å². The Morgan fingerprint density at radius 3 is 2.59 bits per heavy atom. The molecule has 0 bridgehead atoms. The molecule has 3 aliphatic heterocycles. The van der Waals surface area contributed by atoms with Crippen LogP contribution in [0, 0.1) is 5.41 Å². The van der Waals surface area contributed by atoms with E-state index in [0.717, 1.165) is 56.6 Å². The van der Waals surface area contributed by atoms with Crippen LogP contribution in [0.5, 0.6) is 5.75 Å². The Bertz CT molecular complexity index is 1130. The first-order chi connectivity index (χ1) is 16.6. The number of para-hydroxylation sites is 1. The van der Waals surface area contributed by atoms with Crippen LogP contribution in [-0.4, -0.2) is 56.2 Å². The molecule has 6 nitrogen and oxygen atoms in total. The lowest BCUT2D eigenvalue weighted by Gasteiger charge is -2.58. The van der Waals surface area contributed by atoms with Crippen molar-refractivity contribution in [1.29, 1.82) is 0 Å². The molecule has 0 unspecified atom stereocenters. The summed E-state index contributed by atoms with van der Waals surface area (Å²) in [6.07, 6.45) is 5.37. The summed E-state index contributed by atoms with van der Waals surface area (Å²) in [6, 6.07) is 16.1. The van der Waals surface area contributed by atoms with E-state index < -0.39 is 0 Å². The van der Waals surface area contributed by atoms with Crippen molar-refractivity contribution in [2.45, 2.75) is 56.0 Å². The van der Waals surface area contributed by atoms with Gasteiger partial charge in [0, 0.05) is 23.1 Å². The fourth-order valence-corrected chi connectivity index (χ4v) is 8.04. The summed E-state index contributed by atoms with van der Waals surface area (Å²) in [7, 11) is 3.18. The van der Waals surface area contributed by atoms with Crippen LogP contribution in [0.2, 0.25) is 0 Å². The Kier molecular flexibility index (Phi) is 4.99. The van der Waals surface area contributed by atoms with Crippen LogP contribution in [0.15, 0.2) is 48.5 Å². The summed E-state index contributed by atoms with van der Waals surface area (Å²) in [5, 5.41) is 0. The van der Waals surface area contributed by atoms with Crippen molar-refractivity contribution in [2.24, 2.45) is 5.41 Å². The molecule has 1 aliphatic carbocycles. The van der Waals surface area contributed by atoms with Crippen LogP contribution in [-0.2, 0) is 14.9 Å². The van der Waals surface area contributed by atoms with Crippen molar-refractivity contribution in [2.75, 3.05) is 32.2 Å². The second-order valence-electron chi connectivity index (χ2n) is 10.4. The summed E-state index contributed by atoms with van der Waals surface area (Å²) in [6.45, 7) is 2.04. The van der Waals surface area contributed by atoms with Gasteiger partial charge in [-0.25, -0.2) is 0 Å². The zero-order chi connectivity index (χ0) is 23.5. The molecule has 2 saturated heterocycles. The van der Waals surface area contributed by atoms with Crippen molar-refractivity contribution in [3.8, 4) is 5.75 Å². The summed E-state index contributed by atoms with van der Waals surface area (Å²) >= 11 is 0. The number of carbonyl (C=O) groups excluding carboxylic acids is 2. The molecule has 3 heterocycles. The highest BCUT2D eigenvalue weighted by Crippen LogP contribution is 2.66. The number of piperidine rings is 1. The van der Waals surface area contributed by atoms with Gasteiger partial charge in [-0.3, -0.25) is 14.5 Å². The van der Waals surface area contributed by atoms with E-state index in [2.05, 4.69) is 17.0 Å². The summed E-state index contributed by atoms with van der Waals surface area (Å²) in [5.74, 6) is 0.657. The average Bonchev–Trinajstić information content (AvgIpc) is 3.41. The van der Waals surface area contributed by atoms with Crippen LogP contribution in [0.1, 0.15) is 54.4 Å². The van der Waals surface area contributed by atoms with Gasteiger partial charge in [-0.05, 0) is 74.4 Å². The van der Waals surface area contributed by atoms with E-state index in [1.165, 1.54) is 12.7 Å². The maximum Gasteiger partial charge on any atom is 0.306 e. The lowest BCUT2D eigenvalue weighted by atomic mass is 9.52. The molecule has 3 fully saturated rings. The molecule has 2 aromatic rings. The van der Waals surface area contributed by atoms with Crippen LogP contribution in [0.3, 0.4) is 0 Å². The van der Waals surface area contributed by atoms with E-state index in [0.29, 0.717) is 12.0 Å². The molecule has 178 valence electrons. The first-order valence-electron chi connectivity index (χ1n) is 12.4. The van der Waals surface area contributed by atoms with Crippen LogP contribution in [0.25, 0.3) is 0 Å². The highest BCUT2D eigenvalue weighted by Gasteiger charge is 2.69. The van der Waals surface area contributed by atoms with Gasteiger partial charge in [0.25, 0.3) is 5.91 Å². The molecule has 1 saturated carbocycles. The van der Waals surface area contributed by atoms with Gasteiger partial charge in [-0.15, -0.1) is 0 Å². The van der Waals surface area contributed by atoms with Gasteiger partial charge in [0.15, 0.2) is 0 Å². The highest BCUT2D eigenvalue weighted by atomic mass is 16.5. The topological polar surface area (TPSA) is 59.1 Å². The first-order valence-corrected chi connectivity index (χ1v) is 12.4. The van der Waals surface area contributed by atoms with Crippen molar-refractivity contribution >= 4 is 17.6 Å². The largest absolute Gasteiger partial charge is 0.495 e. The standard InChI is InChI=1S/C28H32N2O4/c1-33-21-11-6-10-20-24(21)30(25(32)19-8-4-3-5-9-19)22-12-14-27(18-23(31)34-2)13-7-16-29-17-15-28(20,22)26(27)29/h3-6,8-11,22,26H,7,12-18H2,1-2H3/t22-,26-,27-,28-/m1/s1. The quantitative estimate of drug-likeness (QED) is 0.641. The number of anilines is 1. The van der Waals surface area contributed by atoms with Crippen molar-refractivity contribution in [3.05, 3.63) is 59.7 Å². The van der Waals surface area contributed by atoms with Gasteiger partial charge in [-0.1, -0.05) is 30.3 Å².